The fraction of sp³-hybridized carbons (Fsp3) is 0.571. The van der Waals surface area contributed by atoms with Crippen LogP contribution in [0.15, 0.2) is 24.3 Å². The molecule has 3 nitrogen and oxygen atoms in total. The van der Waals surface area contributed by atoms with E-state index < -0.39 is 0 Å². The average molecular weight is 234 g/mol. The second kappa shape index (κ2) is 5.52. The zero-order chi connectivity index (χ0) is 12.3. The molecular formula is C14H22N2O. The Morgan fingerprint density at radius 2 is 2.18 bits per heavy atom. The van der Waals surface area contributed by atoms with E-state index in [0.717, 1.165) is 13.1 Å². The molecule has 1 aliphatic heterocycles. The Balaban J connectivity index is 2.13. The van der Waals surface area contributed by atoms with E-state index in [2.05, 4.69) is 43.0 Å². The third-order valence-corrected chi connectivity index (χ3v) is 3.52. The maximum atomic E-state index is 5.15. The van der Waals surface area contributed by atoms with Gasteiger partial charge in [0.1, 0.15) is 0 Å². The van der Waals surface area contributed by atoms with Gasteiger partial charge in [0.2, 0.25) is 0 Å². The lowest BCUT2D eigenvalue weighted by molar-refractivity contribution is 0.108. The van der Waals surface area contributed by atoms with Gasteiger partial charge in [-0.2, -0.15) is 0 Å². The summed E-state index contributed by atoms with van der Waals surface area (Å²) in [6.45, 7) is 7.32. The molecule has 1 heterocycles. The van der Waals surface area contributed by atoms with Crippen LogP contribution in [0.5, 0.6) is 0 Å². The Morgan fingerprint density at radius 1 is 1.41 bits per heavy atom. The van der Waals surface area contributed by atoms with Gasteiger partial charge in [-0.25, -0.2) is 5.90 Å². The summed E-state index contributed by atoms with van der Waals surface area (Å²) in [5, 5.41) is 0. The molecule has 2 rings (SSSR count). The number of anilines is 1. The molecule has 1 fully saturated rings. The maximum absolute atomic E-state index is 5.15. The lowest BCUT2D eigenvalue weighted by atomic mass is 10.0. The van der Waals surface area contributed by atoms with Crippen LogP contribution < -0.4 is 10.8 Å². The van der Waals surface area contributed by atoms with Crippen LogP contribution in [-0.2, 0) is 4.84 Å². The van der Waals surface area contributed by atoms with Crippen molar-refractivity contribution in [3.63, 3.8) is 0 Å². The van der Waals surface area contributed by atoms with Crippen LogP contribution in [0.3, 0.4) is 0 Å². The van der Waals surface area contributed by atoms with Crippen LogP contribution in [0.4, 0.5) is 5.69 Å². The average Bonchev–Trinajstić information content (AvgIpc) is 2.78. The van der Waals surface area contributed by atoms with Gasteiger partial charge < -0.3 is 9.74 Å². The van der Waals surface area contributed by atoms with Gasteiger partial charge >= 0.3 is 0 Å². The standard InChI is InChI=1S/C14H22N2O/c1-11(2)13-5-3-4-6-14(13)16-8-7-12(9-16)10-17-15/h3-6,11-12H,7-10,15H2,1-2H3. The number of nitrogens with two attached hydrogens (primary N) is 1. The molecule has 0 radical (unpaired) electrons. The molecule has 1 unspecified atom stereocenters. The predicted molar refractivity (Wildman–Crippen MR) is 71.0 cm³/mol. The molecule has 17 heavy (non-hydrogen) atoms. The SMILES string of the molecule is CC(C)c1ccccc1N1CCC(CON)C1. The number of para-hydroxylation sites is 1. The Hall–Kier alpha value is -1.06. The summed E-state index contributed by atoms with van der Waals surface area (Å²) in [4.78, 5) is 7.22. The first kappa shape index (κ1) is 12.4. The summed E-state index contributed by atoms with van der Waals surface area (Å²) in [7, 11) is 0. The molecule has 2 N–H and O–H groups in total. The van der Waals surface area contributed by atoms with Crippen LogP contribution in [0.25, 0.3) is 0 Å². The maximum Gasteiger partial charge on any atom is 0.0724 e. The number of hydrogen-bond donors (Lipinski definition) is 1. The molecule has 1 atom stereocenters. The molecule has 1 aromatic rings. The molecule has 0 saturated carbocycles. The Kier molecular flexibility index (Phi) is 4.02. The third kappa shape index (κ3) is 2.79. The molecule has 0 amide bonds. The van der Waals surface area contributed by atoms with E-state index in [4.69, 9.17) is 10.7 Å². The van der Waals surface area contributed by atoms with Gasteiger partial charge in [-0.15, -0.1) is 0 Å². The van der Waals surface area contributed by atoms with E-state index in [0.29, 0.717) is 18.4 Å². The van der Waals surface area contributed by atoms with Crippen molar-refractivity contribution in [2.75, 3.05) is 24.6 Å². The van der Waals surface area contributed by atoms with Crippen molar-refractivity contribution in [1.29, 1.82) is 0 Å². The number of rotatable bonds is 4. The van der Waals surface area contributed by atoms with Crippen LogP contribution >= 0.6 is 0 Å². The molecule has 0 aromatic heterocycles. The highest BCUT2D eigenvalue weighted by atomic mass is 16.6. The van der Waals surface area contributed by atoms with Crippen molar-refractivity contribution in [3.05, 3.63) is 29.8 Å². The van der Waals surface area contributed by atoms with Gasteiger partial charge in [0.25, 0.3) is 0 Å². The van der Waals surface area contributed by atoms with E-state index in [-0.39, 0.29) is 0 Å². The Morgan fingerprint density at radius 3 is 2.88 bits per heavy atom. The van der Waals surface area contributed by atoms with Gasteiger partial charge in [-0.3, -0.25) is 0 Å². The highest BCUT2D eigenvalue weighted by Gasteiger charge is 2.24. The number of nitrogens with zero attached hydrogens (tertiary/aromatic N) is 1. The first-order chi connectivity index (χ1) is 8.22. The van der Waals surface area contributed by atoms with Crippen LogP contribution in [0, 0.1) is 5.92 Å². The minimum absolute atomic E-state index is 0.566. The smallest absolute Gasteiger partial charge is 0.0724 e. The lowest BCUT2D eigenvalue weighted by Gasteiger charge is -2.23. The van der Waals surface area contributed by atoms with Gasteiger partial charge in [0.15, 0.2) is 0 Å². The summed E-state index contributed by atoms with van der Waals surface area (Å²) in [6.07, 6.45) is 1.17. The molecular weight excluding hydrogens is 212 g/mol. The Bertz CT molecular complexity index is 365. The zero-order valence-electron chi connectivity index (χ0n) is 10.7. The van der Waals surface area contributed by atoms with Crippen molar-refractivity contribution in [2.45, 2.75) is 26.2 Å². The van der Waals surface area contributed by atoms with Crippen molar-refractivity contribution in [1.82, 2.24) is 0 Å². The monoisotopic (exact) mass is 234 g/mol. The minimum atomic E-state index is 0.566. The quantitative estimate of drug-likeness (QED) is 0.814. The van der Waals surface area contributed by atoms with Crippen molar-refractivity contribution >= 4 is 5.69 Å². The van der Waals surface area contributed by atoms with E-state index >= 15 is 0 Å². The van der Waals surface area contributed by atoms with E-state index in [9.17, 15) is 0 Å². The van der Waals surface area contributed by atoms with Gasteiger partial charge in [-0.1, -0.05) is 32.0 Å². The summed E-state index contributed by atoms with van der Waals surface area (Å²) in [5.41, 5.74) is 2.81. The summed E-state index contributed by atoms with van der Waals surface area (Å²) >= 11 is 0. The summed E-state index contributed by atoms with van der Waals surface area (Å²) in [5.74, 6) is 6.29. The molecule has 0 spiro atoms. The van der Waals surface area contributed by atoms with Crippen LogP contribution in [-0.4, -0.2) is 19.7 Å². The summed E-state index contributed by atoms with van der Waals surface area (Å²) < 4.78 is 0. The topological polar surface area (TPSA) is 38.5 Å². The highest BCUT2D eigenvalue weighted by molar-refractivity contribution is 5.55. The predicted octanol–water partition coefficient (Wildman–Crippen LogP) is 2.53. The largest absolute Gasteiger partial charge is 0.371 e. The first-order valence-corrected chi connectivity index (χ1v) is 6.38. The number of hydrogen-bond acceptors (Lipinski definition) is 3. The van der Waals surface area contributed by atoms with Crippen molar-refractivity contribution in [3.8, 4) is 0 Å². The second-order valence-corrected chi connectivity index (χ2v) is 5.15. The van der Waals surface area contributed by atoms with Crippen molar-refractivity contribution in [2.24, 2.45) is 11.8 Å². The van der Waals surface area contributed by atoms with Gasteiger partial charge in [0, 0.05) is 24.7 Å². The van der Waals surface area contributed by atoms with E-state index in [1.807, 2.05) is 0 Å². The molecule has 1 aromatic carbocycles. The Labute approximate surface area is 104 Å². The van der Waals surface area contributed by atoms with Gasteiger partial charge in [0.05, 0.1) is 6.61 Å². The summed E-state index contributed by atoms with van der Waals surface area (Å²) in [6, 6.07) is 8.69. The van der Waals surface area contributed by atoms with Gasteiger partial charge in [-0.05, 0) is 24.0 Å². The molecule has 1 aliphatic rings. The highest BCUT2D eigenvalue weighted by Crippen LogP contribution is 2.31. The molecule has 0 aliphatic carbocycles. The third-order valence-electron chi connectivity index (χ3n) is 3.52. The number of benzene rings is 1. The normalized spacial score (nSPS) is 20.2. The fourth-order valence-electron chi connectivity index (χ4n) is 2.59. The van der Waals surface area contributed by atoms with Crippen LogP contribution in [0.1, 0.15) is 31.7 Å². The fourth-order valence-corrected chi connectivity index (χ4v) is 2.59. The van der Waals surface area contributed by atoms with E-state index in [1.54, 1.807) is 0 Å². The minimum Gasteiger partial charge on any atom is -0.371 e. The molecule has 94 valence electrons. The molecule has 0 bridgehead atoms. The van der Waals surface area contributed by atoms with E-state index in [1.165, 1.54) is 17.7 Å². The lowest BCUT2D eigenvalue weighted by Crippen LogP contribution is -2.23. The molecule has 1 saturated heterocycles. The second-order valence-electron chi connectivity index (χ2n) is 5.15. The first-order valence-electron chi connectivity index (χ1n) is 6.38. The zero-order valence-corrected chi connectivity index (χ0v) is 10.7. The molecule has 3 heteroatoms. The van der Waals surface area contributed by atoms with Crippen LogP contribution in [0.2, 0.25) is 0 Å². The van der Waals surface area contributed by atoms with Crippen molar-refractivity contribution < 1.29 is 4.84 Å².